The third kappa shape index (κ3) is 6.31. The van der Waals surface area contributed by atoms with E-state index in [1.165, 1.54) is 6.92 Å². The minimum atomic E-state index is -0.131. The Kier molecular flexibility index (Phi) is 7.32. The van der Waals surface area contributed by atoms with Crippen LogP contribution >= 0.6 is 0 Å². The first-order valence-electron chi connectivity index (χ1n) is 7.04. The van der Waals surface area contributed by atoms with Crippen LogP contribution in [0.15, 0.2) is 24.5 Å². The van der Waals surface area contributed by atoms with Crippen LogP contribution in [0.1, 0.15) is 38.7 Å². The van der Waals surface area contributed by atoms with Gasteiger partial charge in [0, 0.05) is 32.4 Å². The van der Waals surface area contributed by atoms with Crippen molar-refractivity contribution in [3.8, 4) is 0 Å². The molecule has 0 aliphatic carbocycles. The van der Waals surface area contributed by atoms with Crippen molar-refractivity contribution in [1.29, 1.82) is 0 Å². The zero-order chi connectivity index (χ0) is 14.8. The van der Waals surface area contributed by atoms with Crippen LogP contribution in [0, 0.1) is 0 Å². The Morgan fingerprint density at radius 1 is 1.25 bits per heavy atom. The molecule has 0 saturated heterocycles. The molecule has 110 valence electrons. The summed E-state index contributed by atoms with van der Waals surface area (Å²) in [7, 11) is 0. The molecule has 1 N–H and O–H groups in total. The van der Waals surface area contributed by atoms with Gasteiger partial charge < -0.3 is 10.2 Å². The predicted molar refractivity (Wildman–Crippen MR) is 77.9 cm³/mol. The van der Waals surface area contributed by atoms with E-state index in [2.05, 4.69) is 17.2 Å². The Bertz CT molecular complexity index is 420. The second kappa shape index (κ2) is 9.07. The van der Waals surface area contributed by atoms with Crippen molar-refractivity contribution in [2.45, 2.75) is 39.7 Å². The predicted octanol–water partition coefficient (Wildman–Crippen LogP) is 1.74. The number of unbranched alkanes of at least 4 members (excludes halogenated alkanes) is 2. The maximum absolute atomic E-state index is 11.8. The molecule has 5 nitrogen and oxygen atoms in total. The van der Waals surface area contributed by atoms with Crippen LogP contribution in [0.3, 0.4) is 0 Å². The maximum Gasteiger partial charge on any atom is 0.239 e. The zero-order valence-electron chi connectivity index (χ0n) is 12.3. The Morgan fingerprint density at radius 3 is 2.55 bits per heavy atom. The third-order valence-corrected chi connectivity index (χ3v) is 3.05. The number of amides is 2. The van der Waals surface area contributed by atoms with Crippen molar-refractivity contribution in [2.24, 2.45) is 0 Å². The van der Waals surface area contributed by atoms with Gasteiger partial charge in [-0.3, -0.25) is 14.6 Å². The van der Waals surface area contributed by atoms with Crippen LogP contribution in [0.25, 0.3) is 0 Å². The van der Waals surface area contributed by atoms with Crippen LogP contribution in [0.2, 0.25) is 0 Å². The summed E-state index contributed by atoms with van der Waals surface area (Å²) in [6.07, 6.45) is 6.48. The highest BCUT2D eigenvalue weighted by Gasteiger charge is 2.12. The molecule has 0 atom stereocenters. The Hall–Kier alpha value is -1.91. The van der Waals surface area contributed by atoms with Crippen molar-refractivity contribution in [1.82, 2.24) is 15.2 Å². The number of hydrogen-bond donors (Lipinski definition) is 1. The molecule has 0 aromatic carbocycles. The average molecular weight is 277 g/mol. The quantitative estimate of drug-likeness (QED) is 0.736. The van der Waals surface area contributed by atoms with E-state index in [4.69, 9.17) is 0 Å². The number of hydrogen-bond acceptors (Lipinski definition) is 3. The van der Waals surface area contributed by atoms with E-state index >= 15 is 0 Å². The highest BCUT2D eigenvalue weighted by molar-refractivity contribution is 5.83. The summed E-state index contributed by atoms with van der Waals surface area (Å²) in [5.41, 5.74) is 0.994. The maximum atomic E-state index is 11.8. The molecular formula is C15H23N3O2. The number of pyridine rings is 1. The molecule has 0 bridgehead atoms. The normalized spacial score (nSPS) is 10.1. The number of carbonyl (C=O) groups excluding carboxylic acids is 2. The zero-order valence-corrected chi connectivity index (χ0v) is 12.3. The highest BCUT2D eigenvalue weighted by atomic mass is 16.2. The Morgan fingerprint density at radius 2 is 1.95 bits per heavy atom. The third-order valence-electron chi connectivity index (χ3n) is 3.05. The molecule has 0 unspecified atom stereocenters. The Labute approximate surface area is 120 Å². The van der Waals surface area contributed by atoms with Gasteiger partial charge in [-0.1, -0.05) is 19.8 Å². The molecular weight excluding hydrogens is 254 g/mol. The van der Waals surface area contributed by atoms with Gasteiger partial charge in [-0.2, -0.15) is 0 Å². The summed E-state index contributed by atoms with van der Waals surface area (Å²) in [4.78, 5) is 28.8. The summed E-state index contributed by atoms with van der Waals surface area (Å²) in [5, 5.41) is 2.81. The largest absolute Gasteiger partial charge is 0.350 e. The monoisotopic (exact) mass is 277 g/mol. The van der Waals surface area contributed by atoms with Gasteiger partial charge in [-0.05, 0) is 24.1 Å². The van der Waals surface area contributed by atoms with Crippen LogP contribution in [-0.2, 0) is 16.1 Å². The van der Waals surface area contributed by atoms with E-state index in [9.17, 15) is 9.59 Å². The van der Waals surface area contributed by atoms with Gasteiger partial charge in [0.15, 0.2) is 0 Å². The second-order valence-corrected chi connectivity index (χ2v) is 4.78. The van der Waals surface area contributed by atoms with Gasteiger partial charge in [0.2, 0.25) is 11.8 Å². The van der Waals surface area contributed by atoms with E-state index < -0.39 is 0 Å². The van der Waals surface area contributed by atoms with Crippen LogP contribution < -0.4 is 5.32 Å². The standard InChI is InChI=1S/C15H23N3O2/c1-3-4-5-10-18(13(2)19)12-15(20)17-11-14-6-8-16-9-7-14/h6-9H,3-5,10-12H2,1-2H3,(H,17,20). The van der Waals surface area contributed by atoms with Gasteiger partial charge in [-0.25, -0.2) is 0 Å². The lowest BCUT2D eigenvalue weighted by atomic mass is 10.2. The van der Waals surface area contributed by atoms with E-state index in [1.807, 2.05) is 12.1 Å². The highest BCUT2D eigenvalue weighted by Crippen LogP contribution is 2.00. The summed E-state index contributed by atoms with van der Waals surface area (Å²) in [6.45, 7) is 4.85. The first kappa shape index (κ1) is 16.1. The van der Waals surface area contributed by atoms with Gasteiger partial charge in [-0.15, -0.1) is 0 Å². The number of aromatic nitrogens is 1. The molecule has 0 aliphatic rings. The first-order chi connectivity index (χ1) is 9.63. The Balaban J connectivity index is 2.36. The van der Waals surface area contributed by atoms with E-state index in [0.29, 0.717) is 13.1 Å². The van der Waals surface area contributed by atoms with Gasteiger partial charge in [0.25, 0.3) is 0 Å². The SMILES string of the molecule is CCCCCN(CC(=O)NCc1ccncc1)C(C)=O. The lowest BCUT2D eigenvalue weighted by molar-refractivity contribution is -0.134. The van der Waals surface area contributed by atoms with E-state index in [1.54, 1.807) is 17.3 Å². The van der Waals surface area contributed by atoms with Crippen molar-refractivity contribution in [3.05, 3.63) is 30.1 Å². The number of nitrogens with zero attached hydrogens (tertiary/aromatic N) is 2. The number of nitrogens with one attached hydrogen (secondary N) is 1. The molecule has 1 heterocycles. The molecule has 0 fully saturated rings. The molecule has 0 spiro atoms. The summed E-state index contributed by atoms with van der Waals surface area (Å²) in [6, 6.07) is 3.70. The second-order valence-electron chi connectivity index (χ2n) is 4.78. The minimum Gasteiger partial charge on any atom is -0.350 e. The number of rotatable bonds is 8. The molecule has 2 amide bonds. The van der Waals surface area contributed by atoms with E-state index in [-0.39, 0.29) is 18.4 Å². The van der Waals surface area contributed by atoms with Crippen LogP contribution in [-0.4, -0.2) is 34.8 Å². The smallest absolute Gasteiger partial charge is 0.239 e. The topological polar surface area (TPSA) is 62.3 Å². The molecule has 0 radical (unpaired) electrons. The summed E-state index contributed by atoms with van der Waals surface area (Å²) < 4.78 is 0. The minimum absolute atomic E-state index is 0.0554. The van der Waals surface area contributed by atoms with Crippen molar-refractivity contribution in [3.63, 3.8) is 0 Å². The molecule has 20 heavy (non-hydrogen) atoms. The van der Waals surface area contributed by atoms with Gasteiger partial charge in [0.1, 0.15) is 0 Å². The molecule has 0 aliphatic heterocycles. The van der Waals surface area contributed by atoms with Crippen molar-refractivity contribution in [2.75, 3.05) is 13.1 Å². The fourth-order valence-electron chi connectivity index (χ4n) is 1.83. The fraction of sp³-hybridized carbons (Fsp3) is 0.533. The van der Waals surface area contributed by atoms with Gasteiger partial charge >= 0.3 is 0 Å². The summed E-state index contributed by atoms with van der Waals surface area (Å²) >= 11 is 0. The van der Waals surface area contributed by atoms with Crippen molar-refractivity contribution < 1.29 is 9.59 Å². The van der Waals surface area contributed by atoms with E-state index in [0.717, 1.165) is 24.8 Å². The molecule has 0 saturated carbocycles. The molecule has 1 aromatic rings. The first-order valence-corrected chi connectivity index (χ1v) is 7.04. The fourth-order valence-corrected chi connectivity index (χ4v) is 1.83. The summed E-state index contributed by atoms with van der Waals surface area (Å²) in [5.74, 6) is -0.186. The average Bonchev–Trinajstić information content (AvgIpc) is 2.45. The van der Waals surface area contributed by atoms with Gasteiger partial charge in [0.05, 0.1) is 6.54 Å². The molecule has 1 rings (SSSR count). The number of carbonyl (C=O) groups is 2. The van der Waals surface area contributed by atoms with Crippen molar-refractivity contribution >= 4 is 11.8 Å². The van der Waals surface area contributed by atoms with Crippen LogP contribution in [0.5, 0.6) is 0 Å². The lowest BCUT2D eigenvalue weighted by Gasteiger charge is -2.20. The molecule has 1 aromatic heterocycles. The lowest BCUT2D eigenvalue weighted by Crippen LogP contribution is -2.40. The molecule has 5 heteroatoms. The van der Waals surface area contributed by atoms with Crippen LogP contribution in [0.4, 0.5) is 0 Å².